The van der Waals surface area contributed by atoms with E-state index in [0.29, 0.717) is 23.6 Å². The van der Waals surface area contributed by atoms with Gasteiger partial charge in [0.1, 0.15) is 0 Å². The number of amides is 2. The predicted molar refractivity (Wildman–Crippen MR) is 96.2 cm³/mol. The molecule has 1 N–H and O–H groups in total. The third-order valence-corrected chi connectivity index (χ3v) is 4.60. The molecule has 1 fully saturated rings. The third kappa shape index (κ3) is 4.44. The summed E-state index contributed by atoms with van der Waals surface area (Å²) < 4.78 is 0. The number of pyridine rings is 1. The second kappa shape index (κ2) is 7.92. The molecule has 130 valence electrons. The summed E-state index contributed by atoms with van der Waals surface area (Å²) >= 11 is 0. The highest BCUT2D eigenvalue weighted by Gasteiger charge is 2.22. The van der Waals surface area contributed by atoms with Crippen molar-refractivity contribution in [2.75, 3.05) is 13.1 Å². The molecule has 5 nitrogen and oxygen atoms in total. The Labute approximate surface area is 148 Å². The summed E-state index contributed by atoms with van der Waals surface area (Å²) in [6, 6.07) is 12.5. The van der Waals surface area contributed by atoms with Crippen molar-refractivity contribution >= 4 is 11.8 Å². The maximum Gasteiger partial charge on any atom is 0.253 e. The first-order valence-corrected chi connectivity index (χ1v) is 8.71. The van der Waals surface area contributed by atoms with E-state index in [-0.39, 0.29) is 11.8 Å². The first kappa shape index (κ1) is 17.1. The molecule has 1 aliphatic rings. The summed E-state index contributed by atoms with van der Waals surface area (Å²) in [6.07, 6.45) is 3.77. The number of nitrogens with one attached hydrogen (secondary N) is 1. The van der Waals surface area contributed by atoms with Crippen LogP contribution < -0.4 is 5.32 Å². The second-order valence-electron chi connectivity index (χ2n) is 6.56. The Morgan fingerprint density at radius 2 is 1.88 bits per heavy atom. The van der Waals surface area contributed by atoms with Crippen LogP contribution in [0.4, 0.5) is 0 Å². The number of piperidine rings is 1. The number of likely N-dealkylation sites (tertiary alicyclic amines) is 1. The van der Waals surface area contributed by atoms with E-state index in [1.165, 1.54) is 0 Å². The summed E-state index contributed by atoms with van der Waals surface area (Å²) in [5, 5.41) is 2.84. The van der Waals surface area contributed by atoms with Gasteiger partial charge in [-0.3, -0.25) is 14.6 Å². The zero-order chi connectivity index (χ0) is 17.6. The number of hydrogen-bond acceptors (Lipinski definition) is 3. The summed E-state index contributed by atoms with van der Waals surface area (Å²) in [5.41, 5.74) is 1.86. The average molecular weight is 337 g/mol. The summed E-state index contributed by atoms with van der Waals surface area (Å²) in [4.78, 5) is 31.1. The molecule has 2 aromatic rings. The molecule has 1 aromatic heterocycles. The molecule has 0 aliphatic carbocycles. The van der Waals surface area contributed by atoms with Crippen LogP contribution >= 0.6 is 0 Å². The fourth-order valence-electron chi connectivity index (χ4n) is 2.96. The van der Waals surface area contributed by atoms with E-state index in [1.807, 2.05) is 23.1 Å². The first-order valence-electron chi connectivity index (χ1n) is 8.71. The van der Waals surface area contributed by atoms with Gasteiger partial charge in [0, 0.05) is 30.4 Å². The average Bonchev–Trinajstić information content (AvgIpc) is 2.67. The van der Waals surface area contributed by atoms with E-state index in [9.17, 15) is 9.59 Å². The van der Waals surface area contributed by atoms with Crippen LogP contribution in [-0.4, -0.2) is 34.8 Å². The van der Waals surface area contributed by atoms with E-state index in [1.54, 1.807) is 30.5 Å². The lowest BCUT2D eigenvalue weighted by atomic mass is 9.98. The summed E-state index contributed by atoms with van der Waals surface area (Å²) in [6.45, 7) is 4.16. The van der Waals surface area contributed by atoms with Crippen molar-refractivity contribution in [1.82, 2.24) is 15.2 Å². The molecule has 1 saturated heterocycles. The van der Waals surface area contributed by atoms with Crippen LogP contribution in [-0.2, 0) is 6.54 Å². The Kier molecular flexibility index (Phi) is 5.43. The van der Waals surface area contributed by atoms with E-state index in [4.69, 9.17) is 0 Å². The minimum atomic E-state index is -0.201. The van der Waals surface area contributed by atoms with E-state index >= 15 is 0 Å². The fourth-order valence-corrected chi connectivity index (χ4v) is 2.96. The highest BCUT2D eigenvalue weighted by atomic mass is 16.2. The second-order valence-corrected chi connectivity index (χ2v) is 6.56. The molecule has 5 heteroatoms. The molecule has 3 rings (SSSR count). The molecular formula is C20H23N3O2. The molecule has 1 aliphatic heterocycles. The monoisotopic (exact) mass is 337 g/mol. The van der Waals surface area contributed by atoms with Gasteiger partial charge in [-0.1, -0.05) is 19.1 Å². The lowest BCUT2D eigenvalue weighted by molar-refractivity contribution is 0.0697. The van der Waals surface area contributed by atoms with Crippen molar-refractivity contribution in [1.29, 1.82) is 0 Å². The third-order valence-electron chi connectivity index (χ3n) is 4.60. The van der Waals surface area contributed by atoms with Gasteiger partial charge in [0.15, 0.2) is 0 Å². The summed E-state index contributed by atoms with van der Waals surface area (Å²) in [5.74, 6) is 0.478. The van der Waals surface area contributed by atoms with Crippen molar-refractivity contribution in [2.45, 2.75) is 26.3 Å². The number of benzene rings is 1. The number of carbonyl (C=O) groups is 2. The van der Waals surface area contributed by atoms with Crippen LogP contribution in [0, 0.1) is 5.92 Å². The number of rotatable bonds is 4. The Morgan fingerprint density at radius 3 is 2.60 bits per heavy atom. The van der Waals surface area contributed by atoms with Gasteiger partial charge in [0.2, 0.25) is 0 Å². The molecular weight excluding hydrogens is 314 g/mol. The zero-order valence-electron chi connectivity index (χ0n) is 14.4. The van der Waals surface area contributed by atoms with Crippen molar-refractivity contribution in [3.8, 4) is 0 Å². The Hall–Kier alpha value is -2.69. The maximum absolute atomic E-state index is 12.6. The van der Waals surface area contributed by atoms with Crippen LogP contribution in [0.2, 0.25) is 0 Å². The largest absolute Gasteiger partial charge is 0.346 e. The molecule has 2 amide bonds. The molecule has 2 heterocycles. The van der Waals surface area contributed by atoms with Crippen LogP contribution in [0.1, 0.15) is 46.2 Å². The van der Waals surface area contributed by atoms with Crippen molar-refractivity contribution in [3.05, 3.63) is 65.5 Å². The van der Waals surface area contributed by atoms with E-state index in [2.05, 4.69) is 17.2 Å². The van der Waals surface area contributed by atoms with Gasteiger partial charge in [-0.25, -0.2) is 0 Å². The van der Waals surface area contributed by atoms with Crippen molar-refractivity contribution in [3.63, 3.8) is 0 Å². The van der Waals surface area contributed by atoms with Gasteiger partial charge in [0.25, 0.3) is 11.8 Å². The van der Waals surface area contributed by atoms with Crippen molar-refractivity contribution in [2.24, 2.45) is 5.92 Å². The van der Waals surface area contributed by atoms with Gasteiger partial charge in [-0.05, 0) is 49.1 Å². The molecule has 0 bridgehead atoms. The highest BCUT2D eigenvalue weighted by molar-refractivity contribution is 5.99. The topological polar surface area (TPSA) is 62.3 Å². The standard InChI is InChI=1S/C20H23N3O2/c1-15-8-11-23(12-9-15)20(25)17-6-4-5-16(13-17)19(24)22-14-18-7-2-3-10-21-18/h2-7,10,13,15H,8-9,11-12,14H2,1H3,(H,22,24). The summed E-state index contributed by atoms with van der Waals surface area (Å²) in [7, 11) is 0. The van der Waals surface area contributed by atoms with Crippen LogP contribution in [0.3, 0.4) is 0 Å². The maximum atomic E-state index is 12.6. The molecule has 25 heavy (non-hydrogen) atoms. The molecule has 0 saturated carbocycles. The van der Waals surface area contributed by atoms with Crippen LogP contribution in [0.15, 0.2) is 48.7 Å². The molecule has 0 atom stereocenters. The molecule has 1 aromatic carbocycles. The van der Waals surface area contributed by atoms with Gasteiger partial charge in [0.05, 0.1) is 12.2 Å². The van der Waals surface area contributed by atoms with Crippen molar-refractivity contribution < 1.29 is 9.59 Å². The van der Waals surface area contributed by atoms with Crippen LogP contribution in [0.5, 0.6) is 0 Å². The van der Waals surface area contributed by atoms with Gasteiger partial charge in [-0.2, -0.15) is 0 Å². The Balaban J connectivity index is 1.64. The van der Waals surface area contributed by atoms with Gasteiger partial charge in [-0.15, -0.1) is 0 Å². The minimum Gasteiger partial charge on any atom is -0.346 e. The predicted octanol–water partition coefficient (Wildman–Crippen LogP) is 2.88. The van der Waals surface area contributed by atoms with Gasteiger partial charge < -0.3 is 10.2 Å². The number of carbonyl (C=O) groups excluding carboxylic acids is 2. The Morgan fingerprint density at radius 1 is 1.12 bits per heavy atom. The smallest absolute Gasteiger partial charge is 0.253 e. The number of hydrogen-bond donors (Lipinski definition) is 1. The van der Waals surface area contributed by atoms with E-state index in [0.717, 1.165) is 31.6 Å². The zero-order valence-corrected chi connectivity index (χ0v) is 14.4. The first-order chi connectivity index (χ1) is 12.1. The quantitative estimate of drug-likeness (QED) is 0.933. The molecule has 0 radical (unpaired) electrons. The number of aromatic nitrogens is 1. The highest BCUT2D eigenvalue weighted by Crippen LogP contribution is 2.18. The fraction of sp³-hybridized carbons (Fsp3) is 0.350. The van der Waals surface area contributed by atoms with Gasteiger partial charge >= 0.3 is 0 Å². The van der Waals surface area contributed by atoms with Crippen LogP contribution in [0.25, 0.3) is 0 Å². The normalized spacial score (nSPS) is 15.0. The Bertz CT molecular complexity index is 738. The minimum absolute atomic E-state index is 0.00581. The molecule has 0 unspecified atom stereocenters. The van der Waals surface area contributed by atoms with E-state index < -0.39 is 0 Å². The number of nitrogens with zero attached hydrogens (tertiary/aromatic N) is 2. The lowest BCUT2D eigenvalue weighted by Crippen LogP contribution is -2.38. The lowest BCUT2D eigenvalue weighted by Gasteiger charge is -2.30. The SMILES string of the molecule is CC1CCN(C(=O)c2cccc(C(=O)NCc3ccccn3)c2)CC1. The molecule has 0 spiro atoms.